The van der Waals surface area contributed by atoms with Gasteiger partial charge in [0.2, 0.25) is 0 Å². The summed E-state index contributed by atoms with van der Waals surface area (Å²) in [6.07, 6.45) is 5.37. The van der Waals surface area contributed by atoms with E-state index >= 15 is 0 Å². The van der Waals surface area contributed by atoms with Gasteiger partial charge in [-0.15, -0.1) is 0 Å². The molecule has 0 bridgehead atoms. The van der Waals surface area contributed by atoms with Crippen LogP contribution in [0.15, 0.2) is 0 Å². The fraction of sp³-hybridized carbons (Fsp3) is 0.923. The van der Waals surface area contributed by atoms with Crippen LogP contribution in [-0.2, 0) is 14.3 Å². The second kappa shape index (κ2) is 6.97. The van der Waals surface area contributed by atoms with Gasteiger partial charge in [-0.3, -0.25) is 0 Å². The Kier molecular flexibility index (Phi) is 5.92. The zero-order valence-electron chi connectivity index (χ0n) is 11.0. The van der Waals surface area contributed by atoms with Crippen molar-refractivity contribution in [2.45, 2.75) is 64.1 Å². The number of carbonyl (C=O) groups excluding carboxylic acids is 1. The van der Waals surface area contributed by atoms with Crippen molar-refractivity contribution in [3.63, 3.8) is 0 Å². The van der Waals surface area contributed by atoms with Crippen molar-refractivity contribution in [3.05, 3.63) is 0 Å². The Balaban J connectivity index is 2.60. The summed E-state index contributed by atoms with van der Waals surface area (Å²) in [4.78, 5) is 11.8. The molecule has 1 aliphatic rings. The standard InChI is InChI=1S/C13H25NO3/c1-3-7-11(12(15)16-4-2)17-13(10-14)8-5-6-9-13/h11H,3-10,14H2,1-2H3. The lowest BCUT2D eigenvalue weighted by Crippen LogP contribution is -2.44. The third kappa shape index (κ3) is 3.96. The number of hydrogen-bond acceptors (Lipinski definition) is 4. The van der Waals surface area contributed by atoms with Crippen LogP contribution in [-0.4, -0.2) is 30.8 Å². The van der Waals surface area contributed by atoms with Crippen molar-refractivity contribution in [2.24, 2.45) is 5.73 Å². The van der Waals surface area contributed by atoms with Gasteiger partial charge >= 0.3 is 5.97 Å². The maximum atomic E-state index is 11.8. The third-order valence-corrected chi connectivity index (χ3v) is 3.38. The van der Waals surface area contributed by atoms with Crippen molar-refractivity contribution >= 4 is 5.97 Å². The minimum Gasteiger partial charge on any atom is -0.464 e. The van der Waals surface area contributed by atoms with Crippen LogP contribution in [0.4, 0.5) is 0 Å². The summed E-state index contributed by atoms with van der Waals surface area (Å²) in [7, 11) is 0. The second-order valence-electron chi connectivity index (χ2n) is 4.74. The first-order chi connectivity index (χ1) is 8.17. The van der Waals surface area contributed by atoms with Gasteiger partial charge in [0.25, 0.3) is 0 Å². The smallest absolute Gasteiger partial charge is 0.335 e. The molecule has 4 heteroatoms. The van der Waals surface area contributed by atoms with E-state index < -0.39 is 6.10 Å². The van der Waals surface area contributed by atoms with Gasteiger partial charge in [-0.1, -0.05) is 26.2 Å². The van der Waals surface area contributed by atoms with E-state index in [1.54, 1.807) is 0 Å². The van der Waals surface area contributed by atoms with Gasteiger partial charge in [0, 0.05) is 6.54 Å². The molecule has 1 atom stereocenters. The molecule has 1 rings (SSSR count). The molecule has 0 spiro atoms. The maximum Gasteiger partial charge on any atom is 0.335 e. The molecule has 0 amide bonds. The average molecular weight is 243 g/mol. The lowest BCUT2D eigenvalue weighted by molar-refractivity contribution is -0.170. The van der Waals surface area contributed by atoms with Crippen LogP contribution in [0.1, 0.15) is 52.4 Å². The van der Waals surface area contributed by atoms with E-state index in [-0.39, 0.29) is 11.6 Å². The van der Waals surface area contributed by atoms with E-state index in [0.717, 1.165) is 32.1 Å². The largest absolute Gasteiger partial charge is 0.464 e. The zero-order chi connectivity index (χ0) is 12.7. The van der Waals surface area contributed by atoms with E-state index in [9.17, 15) is 4.79 Å². The van der Waals surface area contributed by atoms with Crippen LogP contribution in [0.25, 0.3) is 0 Å². The van der Waals surface area contributed by atoms with Gasteiger partial charge in [0.1, 0.15) is 0 Å². The molecule has 1 saturated carbocycles. The van der Waals surface area contributed by atoms with E-state index in [2.05, 4.69) is 0 Å². The Morgan fingerprint density at radius 1 is 1.35 bits per heavy atom. The van der Waals surface area contributed by atoms with Gasteiger partial charge in [-0.05, 0) is 26.2 Å². The summed E-state index contributed by atoms with van der Waals surface area (Å²) in [5, 5.41) is 0. The molecule has 1 aliphatic carbocycles. The molecule has 1 unspecified atom stereocenters. The van der Waals surface area contributed by atoms with Gasteiger partial charge in [-0.2, -0.15) is 0 Å². The Morgan fingerprint density at radius 2 is 2.00 bits per heavy atom. The topological polar surface area (TPSA) is 61.5 Å². The van der Waals surface area contributed by atoms with Crippen molar-refractivity contribution in [1.29, 1.82) is 0 Å². The highest BCUT2D eigenvalue weighted by Gasteiger charge is 2.38. The Labute approximate surface area is 104 Å². The number of rotatable bonds is 7. The molecular formula is C13H25NO3. The molecule has 0 aromatic carbocycles. The number of esters is 1. The normalized spacial score (nSPS) is 20.2. The molecule has 0 heterocycles. The zero-order valence-corrected chi connectivity index (χ0v) is 11.0. The first-order valence-electron chi connectivity index (χ1n) is 6.72. The Hall–Kier alpha value is -0.610. The molecule has 1 fully saturated rings. The highest BCUT2D eigenvalue weighted by molar-refractivity contribution is 5.74. The van der Waals surface area contributed by atoms with Gasteiger partial charge in [-0.25, -0.2) is 4.79 Å². The van der Waals surface area contributed by atoms with E-state index in [1.807, 2.05) is 13.8 Å². The summed E-state index contributed by atoms with van der Waals surface area (Å²) < 4.78 is 11.1. The Bertz CT molecular complexity index is 237. The summed E-state index contributed by atoms with van der Waals surface area (Å²) in [5.74, 6) is -0.242. The van der Waals surface area contributed by atoms with Crippen molar-refractivity contribution < 1.29 is 14.3 Å². The molecule has 0 saturated heterocycles. The van der Waals surface area contributed by atoms with Crippen molar-refractivity contribution in [1.82, 2.24) is 0 Å². The van der Waals surface area contributed by atoms with Crippen molar-refractivity contribution in [3.8, 4) is 0 Å². The molecule has 0 aliphatic heterocycles. The molecule has 4 nitrogen and oxygen atoms in total. The van der Waals surface area contributed by atoms with E-state index in [1.165, 1.54) is 0 Å². The first kappa shape index (κ1) is 14.5. The summed E-state index contributed by atoms with van der Waals surface area (Å²) in [6.45, 7) is 4.75. The lowest BCUT2D eigenvalue weighted by Gasteiger charge is -2.31. The molecule has 0 aromatic rings. The average Bonchev–Trinajstić information content (AvgIpc) is 2.78. The molecule has 100 valence electrons. The third-order valence-electron chi connectivity index (χ3n) is 3.38. The summed E-state index contributed by atoms with van der Waals surface area (Å²) in [6, 6.07) is 0. The SMILES string of the molecule is CCCC(OC1(CN)CCCC1)C(=O)OCC. The minimum absolute atomic E-state index is 0.242. The predicted octanol–water partition coefficient (Wildman–Crippen LogP) is 2.01. The minimum atomic E-state index is -0.443. The lowest BCUT2D eigenvalue weighted by atomic mass is 10.0. The Morgan fingerprint density at radius 3 is 2.47 bits per heavy atom. The fourth-order valence-corrected chi connectivity index (χ4v) is 2.41. The van der Waals surface area contributed by atoms with Gasteiger partial charge in [0.15, 0.2) is 6.10 Å². The number of nitrogens with two attached hydrogens (primary N) is 1. The number of hydrogen-bond donors (Lipinski definition) is 1. The van der Waals surface area contributed by atoms with Crippen LogP contribution in [0.5, 0.6) is 0 Å². The first-order valence-corrected chi connectivity index (χ1v) is 6.72. The molecule has 2 N–H and O–H groups in total. The summed E-state index contributed by atoms with van der Waals surface area (Å²) in [5.41, 5.74) is 5.53. The van der Waals surface area contributed by atoms with Gasteiger partial charge in [0.05, 0.1) is 12.2 Å². The molecule has 0 radical (unpaired) electrons. The number of carbonyl (C=O) groups is 1. The van der Waals surface area contributed by atoms with Crippen molar-refractivity contribution in [2.75, 3.05) is 13.2 Å². The highest BCUT2D eigenvalue weighted by Crippen LogP contribution is 2.34. The summed E-state index contributed by atoms with van der Waals surface area (Å²) >= 11 is 0. The quantitative estimate of drug-likeness (QED) is 0.695. The van der Waals surface area contributed by atoms with Crippen LogP contribution in [0.3, 0.4) is 0 Å². The molecule has 17 heavy (non-hydrogen) atoms. The highest BCUT2D eigenvalue weighted by atomic mass is 16.6. The predicted molar refractivity (Wildman–Crippen MR) is 66.7 cm³/mol. The number of ether oxygens (including phenoxy) is 2. The van der Waals surface area contributed by atoms with Crippen LogP contribution >= 0.6 is 0 Å². The van der Waals surface area contributed by atoms with Crippen LogP contribution in [0.2, 0.25) is 0 Å². The van der Waals surface area contributed by atoms with Crippen LogP contribution in [0, 0.1) is 0 Å². The van der Waals surface area contributed by atoms with Crippen LogP contribution < -0.4 is 5.73 Å². The fourth-order valence-electron chi connectivity index (χ4n) is 2.41. The van der Waals surface area contributed by atoms with Gasteiger partial charge < -0.3 is 15.2 Å². The molecule has 0 aromatic heterocycles. The maximum absolute atomic E-state index is 11.8. The van der Waals surface area contributed by atoms with E-state index in [0.29, 0.717) is 19.6 Å². The molecular weight excluding hydrogens is 218 g/mol. The monoisotopic (exact) mass is 243 g/mol. The van der Waals surface area contributed by atoms with E-state index in [4.69, 9.17) is 15.2 Å². The second-order valence-corrected chi connectivity index (χ2v) is 4.74.